The summed E-state index contributed by atoms with van der Waals surface area (Å²) in [6, 6.07) is 11.3. The minimum absolute atomic E-state index is 0.332. The van der Waals surface area contributed by atoms with Crippen molar-refractivity contribution in [3.63, 3.8) is 0 Å². The van der Waals surface area contributed by atoms with Crippen molar-refractivity contribution in [2.75, 3.05) is 13.2 Å². The molecule has 0 aromatic heterocycles. The van der Waals surface area contributed by atoms with Gasteiger partial charge in [0.2, 0.25) is 0 Å². The smallest absolute Gasteiger partial charge is 0.338 e. The van der Waals surface area contributed by atoms with Crippen LogP contribution in [0.15, 0.2) is 36.4 Å². The lowest BCUT2D eigenvalue weighted by Crippen LogP contribution is -2.17. The van der Waals surface area contributed by atoms with Gasteiger partial charge in [-0.15, -0.1) is 0 Å². The van der Waals surface area contributed by atoms with Gasteiger partial charge in [0, 0.05) is 5.39 Å². The molecule has 0 saturated heterocycles. The number of esters is 2. The summed E-state index contributed by atoms with van der Waals surface area (Å²) in [6.45, 7) is 9.86. The highest BCUT2D eigenvalue weighted by Crippen LogP contribution is 2.27. The minimum Gasteiger partial charge on any atom is -0.462 e. The van der Waals surface area contributed by atoms with Crippen LogP contribution >= 0.6 is 0 Å². The number of fused-ring (bicyclic) bond motifs is 1. The lowest BCUT2D eigenvalue weighted by atomic mass is 9.94. The Balaban J connectivity index is 2.05. The van der Waals surface area contributed by atoms with Gasteiger partial charge in [-0.2, -0.15) is 0 Å². The molecular formula is C44H72O4. The van der Waals surface area contributed by atoms with E-state index < -0.39 is 0 Å². The molecule has 0 radical (unpaired) electrons. The number of rotatable bonds is 30. The molecule has 0 aliphatic carbocycles. The summed E-state index contributed by atoms with van der Waals surface area (Å²) in [5, 5.41) is 1.52. The maximum atomic E-state index is 13.7. The maximum Gasteiger partial charge on any atom is 0.338 e. The molecule has 2 atom stereocenters. The first-order valence-corrected chi connectivity index (χ1v) is 20.4. The van der Waals surface area contributed by atoms with E-state index in [1.165, 1.54) is 116 Å². The number of carbonyl (C=O) groups excluding carboxylic acids is 2. The van der Waals surface area contributed by atoms with E-state index >= 15 is 0 Å². The molecular weight excluding hydrogens is 592 g/mol. The third-order valence-electron chi connectivity index (χ3n) is 10.1. The van der Waals surface area contributed by atoms with E-state index in [0.29, 0.717) is 41.6 Å². The number of hydrogen-bond acceptors (Lipinski definition) is 4. The third kappa shape index (κ3) is 17.3. The second kappa shape index (κ2) is 27.5. The highest BCUT2D eigenvalue weighted by molar-refractivity contribution is 6.13. The van der Waals surface area contributed by atoms with Crippen molar-refractivity contribution in [1.82, 2.24) is 0 Å². The summed E-state index contributed by atoms with van der Waals surface area (Å²) in [6.07, 6.45) is 29.7. The van der Waals surface area contributed by atoms with Crippen LogP contribution in [0.4, 0.5) is 0 Å². The van der Waals surface area contributed by atoms with Gasteiger partial charge in [0.05, 0.1) is 24.3 Å². The first-order chi connectivity index (χ1) is 23.5. The summed E-state index contributed by atoms with van der Waals surface area (Å²) in [7, 11) is 0. The molecule has 2 aromatic carbocycles. The molecule has 0 fully saturated rings. The first kappa shape index (κ1) is 41.8. The normalized spacial score (nSPS) is 12.7. The van der Waals surface area contributed by atoms with E-state index in [0.717, 1.165) is 43.9 Å². The Bertz CT molecular complexity index is 1100. The molecule has 2 rings (SSSR count). The molecule has 0 bridgehead atoms. The van der Waals surface area contributed by atoms with Crippen molar-refractivity contribution in [2.24, 2.45) is 11.8 Å². The fraction of sp³-hybridized carbons (Fsp3) is 0.727. The second-order valence-electron chi connectivity index (χ2n) is 14.4. The Morgan fingerprint density at radius 1 is 0.458 bits per heavy atom. The first-order valence-electron chi connectivity index (χ1n) is 20.4. The van der Waals surface area contributed by atoms with Crippen LogP contribution in [0.25, 0.3) is 10.8 Å². The summed E-state index contributed by atoms with van der Waals surface area (Å²) in [4.78, 5) is 27.2. The van der Waals surface area contributed by atoms with Gasteiger partial charge in [-0.25, -0.2) is 9.59 Å². The average Bonchev–Trinajstić information content (AvgIpc) is 3.11. The van der Waals surface area contributed by atoms with Gasteiger partial charge in [-0.1, -0.05) is 180 Å². The van der Waals surface area contributed by atoms with E-state index in [-0.39, 0.29) is 11.9 Å². The minimum atomic E-state index is -0.341. The molecule has 4 nitrogen and oxygen atoms in total. The van der Waals surface area contributed by atoms with E-state index in [4.69, 9.17) is 9.47 Å². The van der Waals surface area contributed by atoms with Gasteiger partial charge in [0.1, 0.15) is 0 Å². The van der Waals surface area contributed by atoms with E-state index in [1.54, 1.807) is 12.1 Å². The van der Waals surface area contributed by atoms with Crippen molar-refractivity contribution in [3.8, 4) is 0 Å². The highest BCUT2D eigenvalue weighted by Gasteiger charge is 2.21. The molecule has 0 heterocycles. The monoisotopic (exact) mass is 665 g/mol. The summed E-state index contributed by atoms with van der Waals surface area (Å²) < 4.78 is 12.0. The number of hydrogen-bond donors (Lipinski definition) is 0. The molecule has 4 heteroatoms. The molecule has 0 aliphatic rings. The topological polar surface area (TPSA) is 52.6 Å². The van der Waals surface area contributed by atoms with Crippen molar-refractivity contribution < 1.29 is 19.1 Å². The van der Waals surface area contributed by atoms with Gasteiger partial charge in [0.25, 0.3) is 0 Å². The maximum absolute atomic E-state index is 13.7. The van der Waals surface area contributed by atoms with Gasteiger partial charge >= 0.3 is 11.9 Å². The zero-order chi connectivity index (χ0) is 34.7. The molecule has 0 saturated carbocycles. The van der Waals surface area contributed by atoms with Crippen molar-refractivity contribution in [3.05, 3.63) is 47.5 Å². The van der Waals surface area contributed by atoms with E-state index in [2.05, 4.69) is 27.7 Å². The molecule has 48 heavy (non-hydrogen) atoms. The lowest BCUT2D eigenvalue weighted by Gasteiger charge is -2.19. The van der Waals surface area contributed by atoms with Gasteiger partial charge in [-0.3, -0.25) is 0 Å². The van der Waals surface area contributed by atoms with Crippen LogP contribution in [-0.4, -0.2) is 25.2 Å². The van der Waals surface area contributed by atoms with Crippen LogP contribution in [0.5, 0.6) is 0 Å². The molecule has 272 valence electrons. The van der Waals surface area contributed by atoms with Gasteiger partial charge < -0.3 is 9.47 Å². The number of unbranched alkanes of at least 4 members (excludes halogenated alkanes) is 16. The van der Waals surface area contributed by atoms with Crippen LogP contribution < -0.4 is 0 Å². The SMILES string of the molecule is CCCCCCCCCCC(CCCCCCCC)COC(=O)c1cccc2cccc(C(=O)OCC(CCCC)CCCCCC)c12. The van der Waals surface area contributed by atoms with E-state index in [9.17, 15) is 9.59 Å². The van der Waals surface area contributed by atoms with Crippen LogP contribution in [0.1, 0.15) is 203 Å². The average molecular weight is 665 g/mol. The molecule has 0 amide bonds. The zero-order valence-corrected chi connectivity index (χ0v) is 31.6. The molecule has 0 N–H and O–H groups in total. The van der Waals surface area contributed by atoms with Crippen LogP contribution in [0.2, 0.25) is 0 Å². The Hall–Kier alpha value is -2.36. The van der Waals surface area contributed by atoms with Gasteiger partial charge in [0.15, 0.2) is 0 Å². The van der Waals surface area contributed by atoms with Crippen LogP contribution in [0, 0.1) is 11.8 Å². The number of ether oxygens (including phenoxy) is 2. The Morgan fingerprint density at radius 3 is 1.19 bits per heavy atom. The van der Waals surface area contributed by atoms with Crippen LogP contribution in [0.3, 0.4) is 0 Å². The number of carbonyl (C=O) groups is 2. The fourth-order valence-corrected chi connectivity index (χ4v) is 6.98. The summed E-state index contributed by atoms with van der Waals surface area (Å²) in [5.41, 5.74) is 0.926. The Labute approximate surface area is 295 Å². The second-order valence-corrected chi connectivity index (χ2v) is 14.4. The summed E-state index contributed by atoms with van der Waals surface area (Å²) in [5.74, 6) is 0.0971. The van der Waals surface area contributed by atoms with Crippen molar-refractivity contribution >= 4 is 22.7 Å². The quantitative estimate of drug-likeness (QED) is 0.0616. The number of benzene rings is 2. The molecule has 2 aromatic rings. The molecule has 0 aliphatic heterocycles. The largest absolute Gasteiger partial charge is 0.462 e. The Morgan fingerprint density at radius 2 is 0.792 bits per heavy atom. The summed E-state index contributed by atoms with van der Waals surface area (Å²) >= 11 is 0. The van der Waals surface area contributed by atoms with Gasteiger partial charge in [-0.05, 0) is 55.0 Å². The zero-order valence-electron chi connectivity index (χ0n) is 31.6. The van der Waals surface area contributed by atoms with Crippen molar-refractivity contribution in [2.45, 2.75) is 182 Å². The third-order valence-corrected chi connectivity index (χ3v) is 10.1. The highest BCUT2D eigenvalue weighted by atomic mass is 16.5. The molecule has 2 unspecified atom stereocenters. The van der Waals surface area contributed by atoms with Crippen LogP contribution in [-0.2, 0) is 9.47 Å². The predicted molar refractivity (Wildman–Crippen MR) is 205 cm³/mol. The van der Waals surface area contributed by atoms with Crippen molar-refractivity contribution in [1.29, 1.82) is 0 Å². The van der Waals surface area contributed by atoms with E-state index in [1.807, 2.05) is 24.3 Å². The molecule has 0 spiro atoms. The lowest BCUT2D eigenvalue weighted by molar-refractivity contribution is 0.0424. The fourth-order valence-electron chi connectivity index (χ4n) is 6.98. The standard InChI is InChI=1S/C44H72O4/c1-5-9-13-16-18-19-21-24-30-38(29-23-20-17-14-10-6-2)36-48-44(46)41-34-26-32-39-31-25-33-40(42(39)41)43(45)47-35-37(27-12-8-4)28-22-15-11-7-3/h25-26,31-34,37-38H,5-24,27-30,35-36H2,1-4H3. The Kier molecular flexibility index (Phi) is 23.9. The predicted octanol–water partition coefficient (Wildman–Crippen LogP) is 13.8.